The molecule has 19 heavy (non-hydrogen) atoms. The fraction of sp³-hybridized carbons (Fsp3) is 0.200. The fourth-order valence-electron chi connectivity index (χ4n) is 1.83. The van der Waals surface area contributed by atoms with E-state index in [9.17, 15) is 4.21 Å². The summed E-state index contributed by atoms with van der Waals surface area (Å²) in [4.78, 5) is 0.688. The van der Waals surface area contributed by atoms with Gasteiger partial charge in [0, 0.05) is 10.2 Å². The molecular weight excluding hydrogens is 322 g/mol. The topological polar surface area (TPSA) is 43.1 Å². The first-order valence-electron chi connectivity index (χ1n) is 5.97. The molecule has 0 aromatic heterocycles. The number of rotatable bonds is 3. The molecule has 0 spiro atoms. The molecule has 0 aliphatic carbocycles. The van der Waals surface area contributed by atoms with E-state index in [2.05, 4.69) is 41.9 Å². The van der Waals surface area contributed by atoms with Gasteiger partial charge >= 0.3 is 0 Å². The van der Waals surface area contributed by atoms with E-state index >= 15 is 0 Å². The van der Waals surface area contributed by atoms with Gasteiger partial charge in [0.2, 0.25) is 0 Å². The van der Waals surface area contributed by atoms with Crippen LogP contribution in [-0.4, -0.2) is 4.21 Å². The molecule has 0 aliphatic rings. The number of benzene rings is 2. The Bertz CT molecular complexity index is 640. The third kappa shape index (κ3) is 3.45. The molecule has 0 amide bonds. The van der Waals surface area contributed by atoms with Gasteiger partial charge in [-0.05, 0) is 48.7 Å². The van der Waals surface area contributed by atoms with Crippen LogP contribution in [0.15, 0.2) is 45.8 Å². The summed E-state index contributed by atoms with van der Waals surface area (Å²) in [5.74, 6) is 0.488. The third-order valence-corrected chi connectivity index (χ3v) is 5.02. The van der Waals surface area contributed by atoms with E-state index in [4.69, 9.17) is 5.73 Å². The minimum absolute atomic E-state index is 0.488. The highest BCUT2D eigenvalue weighted by Gasteiger charge is 2.10. The third-order valence-electron chi connectivity index (χ3n) is 3.09. The Morgan fingerprint density at radius 1 is 1.11 bits per heavy atom. The molecule has 1 atom stereocenters. The summed E-state index contributed by atoms with van der Waals surface area (Å²) in [6.45, 7) is 4.14. The molecule has 2 nitrogen and oxygen atoms in total. The zero-order valence-electron chi connectivity index (χ0n) is 10.9. The first-order chi connectivity index (χ1) is 8.97. The molecule has 2 aromatic carbocycles. The first kappa shape index (κ1) is 14.3. The first-order valence-corrected chi connectivity index (χ1v) is 8.08. The Labute approximate surface area is 124 Å². The number of hydrogen-bond donors (Lipinski definition) is 1. The summed E-state index contributed by atoms with van der Waals surface area (Å²) in [6.07, 6.45) is 0. The number of nitrogens with two attached hydrogens (primary N) is 1. The lowest BCUT2D eigenvalue weighted by molar-refractivity contribution is 0.683. The Morgan fingerprint density at radius 2 is 1.84 bits per heavy atom. The predicted octanol–water partition coefficient (Wildman–Crippen LogP) is 3.96. The van der Waals surface area contributed by atoms with Crippen LogP contribution < -0.4 is 5.73 Å². The van der Waals surface area contributed by atoms with Crippen molar-refractivity contribution in [1.29, 1.82) is 0 Å². The minimum Gasteiger partial charge on any atom is -0.398 e. The highest BCUT2D eigenvalue weighted by molar-refractivity contribution is 9.10. The fourth-order valence-corrected chi connectivity index (χ4v) is 3.57. The molecule has 0 radical (unpaired) electrons. The monoisotopic (exact) mass is 337 g/mol. The van der Waals surface area contributed by atoms with E-state index in [-0.39, 0.29) is 0 Å². The van der Waals surface area contributed by atoms with Crippen LogP contribution in [0.25, 0.3) is 0 Å². The Kier molecular flexibility index (Phi) is 4.42. The smallest absolute Gasteiger partial charge is 0.0632 e. The molecular formula is C15H16BrNOS. The Hall–Kier alpha value is -1.13. The van der Waals surface area contributed by atoms with Crippen LogP contribution in [0.5, 0.6) is 0 Å². The molecule has 0 aliphatic heterocycles. The molecule has 0 heterocycles. The maximum Gasteiger partial charge on any atom is 0.0632 e. The second kappa shape index (κ2) is 5.88. The van der Waals surface area contributed by atoms with Crippen molar-refractivity contribution in [3.05, 3.63) is 57.6 Å². The van der Waals surface area contributed by atoms with Crippen molar-refractivity contribution in [2.24, 2.45) is 0 Å². The largest absolute Gasteiger partial charge is 0.398 e. The summed E-state index contributed by atoms with van der Waals surface area (Å²) in [5, 5.41) is 0. The molecule has 4 heteroatoms. The van der Waals surface area contributed by atoms with Crippen molar-refractivity contribution in [3.8, 4) is 0 Å². The van der Waals surface area contributed by atoms with Gasteiger partial charge in [-0.25, -0.2) is 0 Å². The maximum atomic E-state index is 12.4. The second-order valence-electron chi connectivity index (χ2n) is 4.59. The Morgan fingerprint density at radius 3 is 2.53 bits per heavy atom. The average molecular weight is 338 g/mol. The van der Waals surface area contributed by atoms with Gasteiger partial charge in [-0.1, -0.05) is 34.1 Å². The number of nitrogen functional groups attached to an aromatic ring is 1. The quantitative estimate of drug-likeness (QED) is 0.861. The van der Waals surface area contributed by atoms with E-state index in [0.717, 1.165) is 10.0 Å². The predicted molar refractivity (Wildman–Crippen MR) is 84.6 cm³/mol. The van der Waals surface area contributed by atoms with Gasteiger partial charge in [0.05, 0.1) is 21.4 Å². The van der Waals surface area contributed by atoms with Crippen LogP contribution in [-0.2, 0) is 16.6 Å². The summed E-state index contributed by atoms with van der Waals surface area (Å²) < 4.78 is 13.3. The van der Waals surface area contributed by atoms with Gasteiger partial charge in [0.1, 0.15) is 0 Å². The van der Waals surface area contributed by atoms with E-state index < -0.39 is 10.8 Å². The SMILES string of the molecule is Cc1ccc(CS(=O)c2cc(Br)ccc2N)cc1C. The normalized spacial score (nSPS) is 12.4. The van der Waals surface area contributed by atoms with Crippen LogP contribution in [0.1, 0.15) is 16.7 Å². The number of hydrogen-bond acceptors (Lipinski definition) is 2. The number of halogens is 1. The zero-order valence-corrected chi connectivity index (χ0v) is 13.3. The van der Waals surface area contributed by atoms with Crippen molar-refractivity contribution >= 4 is 32.4 Å². The van der Waals surface area contributed by atoms with Crippen molar-refractivity contribution in [3.63, 3.8) is 0 Å². The molecule has 0 saturated heterocycles. The molecule has 0 fully saturated rings. The summed E-state index contributed by atoms with van der Waals surface area (Å²) in [7, 11) is -1.13. The van der Waals surface area contributed by atoms with Crippen LogP contribution in [0.3, 0.4) is 0 Å². The zero-order chi connectivity index (χ0) is 14.0. The molecule has 0 saturated carbocycles. The summed E-state index contributed by atoms with van der Waals surface area (Å²) in [5.41, 5.74) is 9.99. The highest BCUT2D eigenvalue weighted by Crippen LogP contribution is 2.24. The van der Waals surface area contributed by atoms with E-state index in [1.54, 1.807) is 6.07 Å². The molecule has 2 rings (SSSR count). The van der Waals surface area contributed by atoms with Crippen LogP contribution >= 0.6 is 15.9 Å². The van der Waals surface area contributed by atoms with Crippen LogP contribution in [0.4, 0.5) is 5.69 Å². The number of aryl methyl sites for hydroxylation is 2. The summed E-state index contributed by atoms with van der Waals surface area (Å²) in [6, 6.07) is 11.6. The van der Waals surface area contributed by atoms with Crippen molar-refractivity contribution in [2.45, 2.75) is 24.5 Å². The molecule has 2 N–H and O–H groups in total. The van der Waals surface area contributed by atoms with Gasteiger partial charge in [-0.15, -0.1) is 0 Å². The summed E-state index contributed by atoms with van der Waals surface area (Å²) >= 11 is 3.38. The lowest BCUT2D eigenvalue weighted by atomic mass is 10.1. The van der Waals surface area contributed by atoms with Gasteiger partial charge in [0.25, 0.3) is 0 Å². The van der Waals surface area contributed by atoms with Gasteiger partial charge in [0.15, 0.2) is 0 Å². The lowest BCUT2D eigenvalue weighted by Crippen LogP contribution is -2.01. The molecule has 2 aromatic rings. The van der Waals surface area contributed by atoms with E-state index in [1.165, 1.54) is 11.1 Å². The standard InChI is InChI=1S/C15H16BrNOS/c1-10-3-4-12(7-11(10)2)9-19(18)15-8-13(16)5-6-14(15)17/h3-8H,9,17H2,1-2H3. The van der Waals surface area contributed by atoms with Crippen molar-refractivity contribution in [2.75, 3.05) is 5.73 Å². The lowest BCUT2D eigenvalue weighted by Gasteiger charge is -2.08. The van der Waals surface area contributed by atoms with Crippen molar-refractivity contribution < 1.29 is 4.21 Å². The molecule has 1 unspecified atom stereocenters. The van der Waals surface area contributed by atoms with Crippen LogP contribution in [0, 0.1) is 13.8 Å². The number of anilines is 1. The molecule has 0 bridgehead atoms. The van der Waals surface area contributed by atoms with Gasteiger partial charge < -0.3 is 5.73 Å². The second-order valence-corrected chi connectivity index (χ2v) is 6.93. The van der Waals surface area contributed by atoms with E-state index in [1.807, 2.05) is 18.2 Å². The average Bonchev–Trinajstić information content (AvgIpc) is 2.36. The van der Waals surface area contributed by atoms with E-state index in [0.29, 0.717) is 16.3 Å². The minimum atomic E-state index is -1.13. The maximum absolute atomic E-state index is 12.4. The van der Waals surface area contributed by atoms with Crippen molar-refractivity contribution in [1.82, 2.24) is 0 Å². The highest BCUT2D eigenvalue weighted by atomic mass is 79.9. The van der Waals surface area contributed by atoms with Crippen LogP contribution in [0.2, 0.25) is 0 Å². The molecule has 100 valence electrons. The Balaban J connectivity index is 2.25. The van der Waals surface area contributed by atoms with Gasteiger partial charge in [-0.2, -0.15) is 0 Å². The van der Waals surface area contributed by atoms with Gasteiger partial charge in [-0.3, -0.25) is 4.21 Å².